The first-order valence-electron chi connectivity index (χ1n) is 7.35. The van der Waals surface area contributed by atoms with E-state index < -0.39 is 10.0 Å². The van der Waals surface area contributed by atoms with E-state index in [1.165, 1.54) is 4.31 Å². The quantitative estimate of drug-likeness (QED) is 0.670. The SMILES string of the molecule is CCCNCCCCS(=O)(=O)N(C)Cc1ccccc1Cl. The molecule has 0 amide bonds. The number of unbranched alkanes of at least 4 members (excludes halogenated alkanes) is 1. The molecule has 0 aliphatic heterocycles. The van der Waals surface area contributed by atoms with Crippen LogP contribution in [0.4, 0.5) is 0 Å². The first-order chi connectivity index (χ1) is 9.97. The molecule has 6 heteroatoms. The molecule has 0 saturated carbocycles. The van der Waals surface area contributed by atoms with Gasteiger partial charge in [0.25, 0.3) is 0 Å². The van der Waals surface area contributed by atoms with Gasteiger partial charge in [-0.05, 0) is 44.0 Å². The van der Waals surface area contributed by atoms with Gasteiger partial charge in [0.1, 0.15) is 0 Å². The predicted octanol–water partition coefficient (Wildman–Crippen LogP) is 2.88. The second kappa shape index (κ2) is 9.41. The summed E-state index contributed by atoms with van der Waals surface area (Å²) in [6, 6.07) is 7.32. The molecule has 120 valence electrons. The zero-order chi connectivity index (χ0) is 15.7. The Kier molecular flexibility index (Phi) is 8.26. The fourth-order valence-corrected chi connectivity index (χ4v) is 3.37. The van der Waals surface area contributed by atoms with E-state index in [0.29, 0.717) is 18.0 Å². The molecule has 0 spiro atoms. The van der Waals surface area contributed by atoms with Crippen molar-refractivity contribution < 1.29 is 8.42 Å². The highest BCUT2D eigenvalue weighted by atomic mass is 35.5. The molecule has 0 aliphatic carbocycles. The number of sulfonamides is 1. The van der Waals surface area contributed by atoms with E-state index in [1.807, 2.05) is 18.2 Å². The topological polar surface area (TPSA) is 49.4 Å². The average Bonchev–Trinajstić information content (AvgIpc) is 2.45. The first-order valence-corrected chi connectivity index (χ1v) is 9.34. The van der Waals surface area contributed by atoms with Gasteiger partial charge in [-0.2, -0.15) is 0 Å². The van der Waals surface area contributed by atoms with Crippen LogP contribution in [0.1, 0.15) is 31.7 Å². The first kappa shape index (κ1) is 18.4. The Balaban J connectivity index is 2.41. The summed E-state index contributed by atoms with van der Waals surface area (Å²) in [5.41, 5.74) is 0.829. The Labute approximate surface area is 133 Å². The van der Waals surface area contributed by atoms with E-state index in [4.69, 9.17) is 11.6 Å². The summed E-state index contributed by atoms with van der Waals surface area (Å²) >= 11 is 6.06. The maximum atomic E-state index is 12.2. The molecule has 1 N–H and O–H groups in total. The summed E-state index contributed by atoms with van der Waals surface area (Å²) in [5, 5.41) is 3.87. The Morgan fingerprint density at radius 1 is 1.19 bits per heavy atom. The van der Waals surface area contributed by atoms with Crippen LogP contribution in [-0.2, 0) is 16.6 Å². The summed E-state index contributed by atoms with van der Waals surface area (Å²) in [5.74, 6) is 0.182. The summed E-state index contributed by atoms with van der Waals surface area (Å²) in [6.45, 7) is 4.29. The lowest BCUT2D eigenvalue weighted by Gasteiger charge is -2.18. The minimum Gasteiger partial charge on any atom is -0.317 e. The molecule has 0 unspecified atom stereocenters. The Hall–Kier alpha value is -0.620. The van der Waals surface area contributed by atoms with Crippen LogP contribution in [0.25, 0.3) is 0 Å². The van der Waals surface area contributed by atoms with Crippen molar-refractivity contribution in [3.63, 3.8) is 0 Å². The van der Waals surface area contributed by atoms with Gasteiger partial charge >= 0.3 is 0 Å². The zero-order valence-electron chi connectivity index (χ0n) is 12.8. The van der Waals surface area contributed by atoms with Crippen LogP contribution in [-0.4, -0.2) is 38.6 Å². The van der Waals surface area contributed by atoms with E-state index in [-0.39, 0.29) is 5.75 Å². The van der Waals surface area contributed by atoms with Crippen LogP contribution < -0.4 is 5.32 Å². The zero-order valence-corrected chi connectivity index (χ0v) is 14.4. The van der Waals surface area contributed by atoms with E-state index >= 15 is 0 Å². The van der Waals surface area contributed by atoms with Crippen molar-refractivity contribution in [3.05, 3.63) is 34.9 Å². The highest BCUT2D eigenvalue weighted by molar-refractivity contribution is 7.89. The minimum absolute atomic E-state index is 0.182. The third-order valence-corrected chi connectivity index (χ3v) is 5.51. The van der Waals surface area contributed by atoms with Gasteiger partial charge in [-0.1, -0.05) is 36.7 Å². The van der Waals surface area contributed by atoms with Crippen LogP contribution in [0.3, 0.4) is 0 Å². The monoisotopic (exact) mass is 332 g/mol. The summed E-state index contributed by atoms with van der Waals surface area (Å²) in [4.78, 5) is 0. The second-order valence-electron chi connectivity index (χ2n) is 5.12. The van der Waals surface area contributed by atoms with Crippen molar-refractivity contribution in [2.45, 2.75) is 32.7 Å². The lowest BCUT2D eigenvalue weighted by Crippen LogP contribution is -2.29. The number of hydrogen-bond acceptors (Lipinski definition) is 3. The van der Waals surface area contributed by atoms with Crippen molar-refractivity contribution in [3.8, 4) is 0 Å². The van der Waals surface area contributed by atoms with Gasteiger partial charge in [0, 0.05) is 18.6 Å². The molecule has 21 heavy (non-hydrogen) atoms. The lowest BCUT2D eigenvalue weighted by atomic mass is 10.2. The molecule has 0 heterocycles. The molecule has 0 saturated heterocycles. The van der Waals surface area contributed by atoms with Crippen molar-refractivity contribution in [2.24, 2.45) is 0 Å². The van der Waals surface area contributed by atoms with Gasteiger partial charge in [0.05, 0.1) is 5.75 Å². The minimum atomic E-state index is -3.22. The van der Waals surface area contributed by atoms with Crippen LogP contribution in [0.15, 0.2) is 24.3 Å². The lowest BCUT2D eigenvalue weighted by molar-refractivity contribution is 0.464. The molecule has 0 aliphatic rings. The van der Waals surface area contributed by atoms with Crippen molar-refractivity contribution in [1.82, 2.24) is 9.62 Å². The standard InChI is InChI=1S/C15H25ClN2O2S/c1-3-10-17-11-6-7-12-21(19,20)18(2)13-14-8-4-5-9-15(14)16/h4-5,8-9,17H,3,6-7,10-13H2,1-2H3. The summed E-state index contributed by atoms with van der Waals surface area (Å²) < 4.78 is 25.8. The highest BCUT2D eigenvalue weighted by Gasteiger charge is 2.18. The molecule has 0 aromatic heterocycles. The largest absolute Gasteiger partial charge is 0.317 e. The molecule has 1 rings (SSSR count). The average molecular weight is 333 g/mol. The highest BCUT2D eigenvalue weighted by Crippen LogP contribution is 2.18. The normalized spacial score (nSPS) is 12.0. The Morgan fingerprint density at radius 2 is 1.90 bits per heavy atom. The number of benzene rings is 1. The fraction of sp³-hybridized carbons (Fsp3) is 0.600. The van der Waals surface area contributed by atoms with Gasteiger partial charge in [0.2, 0.25) is 10.0 Å². The van der Waals surface area contributed by atoms with Crippen molar-refractivity contribution in [1.29, 1.82) is 0 Å². The number of rotatable bonds is 10. The molecular formula is C15H25ClN2O2S. The van der Waals surface area contributed by atoms with Crippen molar-refractivity contribution >= 4 is 21.6 Å². The molecule has 1 aromatic carbocycles. The molecule has 1 aromatic rings. The number of hydrogen-bond donors (Lipinski definition) is 1. The summed E-state index contributed by atoms with van der Waals surface area (Å²) in [7, 11) is -1.62. The molecule has 0 fully saturated rings. The third kappa shape index (κ3) is 6.78. The van der Waals surface area contributed by atoms with E-state index in [9.17, 15) is 8.42 Å². The van der Waals surface area contributed by atoms with Gasteiger partial charge in [-0.15, -0.1) is 0 Å². The molecule has 0 bridgehead atoms. The fourth-order valence-electron chi connectivity index (χ4n) is 1.96. The van der Waals surface area contributed by atoms with E-state index in [0.717, 1.165) is 31.5 Å². The molecule has 0 atom stereocenters. The van der Waals surface area contributed by atoms with Gasteiger partial charge in [0.15, 0.2) is 0 Å². The smallest absolute Gasteiger partial charge is 0.214 e. The van der Waals surface area contributed by atoms with Crippen LogP contribution in [0.5, 0.6) is 0 Å². The Bertz CT molecular complexity index is 520. The van der Waals surface area contributed by atoms with Gasteiger partial charge in [-0.3, -0.25) is 0 Å². The van der Waals surface area contributed by atoms with Crippen LogP contribution >= 0.6 is 11.6 Å². The Morgan fingerprint density at radius 3 is 2.57 bits per heavy atom. The van der Waals surface area contributed by atoms with Gasteiger partial charge in [-0.25, -0.2) is 12.7 Å². The van der Waals surface area contributed by atoms with Crippen LogP contribution in [0.2, 0.25) is 5.02 Å². The predicted molar refractivity (Wildman–Crippen MR) is 89.1 cm³/mol. The number of nitrogens with one attached hydrogen (secondary N) is 1. The summed E-state index contributed by atoms with van der Waals surface area (Å²) in [6.07, 6.45) is 2.64. The maximum Gasteiger partial charge on any atom is 0.214 e. The van der Waals surface area contributed by atoms with Gasteiger partial charge < -0.3 is 5.32 Å². The third-order valence-electron chi connectivity index (χ3n) is 3.26. The number of halogens is 1. The molecule has 4 nitrogen and oxygen atoms in total. The number of nitrogens with zero attached hydrogens (tertiary/aromatic N) is 1. The molecular weight excluding hydrogens is 308 g/mol. The van der Waals surface area contributed by atoms with Crippen LogP contribution in [0, 0.1) is 0 Å². The van der Waals surface area contributed by atoms with Crippen molar-refractivity contribution in [2.75, 3.05) is 25.9 Å². The van der Waals surface area contributed by atoms with E-state index in [2.05, 4.69) is 12.2 Å². The maximum absolute atomic E-state index is 12.2. The second-order valence-corrected chi connectivity index (χ2v) is 7.72. The van der Waals surface area contributed by atoms with E-state index in [1.54, 1.807) is 13.1 Å². The molecule has 0 radical (unpaired) electrons.